The zero-order valence-corrected chi connectivity index (χ0v) is 11.0. The lowest BCUT2D eigenvalue weighted by molar-refractivity contribution is 0.367. The SMILES string of the molecule is COc1nc(NCc2cc(-c3ccco3)on2)ncc1F. The van der Waals surface area contributed by atoms with Crippen LogP contribution in [0.15, 0.2) is 39.6 Å². The van der Waals surface area contributed by atoms with Crippen molar-refractivity contribution >= 4 is 5.95 Å². The molecule has 0 bridgehead atoms. The van der Waals surface area contributed by atoms with E-state index in [1.807, 2.05) is 0 Å². The van der Waals surface area contributed by atoms with Crippen molar-refractivity contribution in [2.75, 3.05) is 12.4 Å². The lowest BCUT2D eigenvalue weighted by Gasteiger charge is -2.04. The van der Waals surface area contributed by atoms with Gasteiger partial charge in [0.25, 0.3) is 5.88 Å². The summed E-state index contributed by atoms with van der Waals surface area (Å²) in [7, 11) is 1.34. The number of nitrogens with one attached hydrogen (secondary N) is 1. The van der Waals surface area contributed by atoms with Gasteiger partial charge in [-0.15, -0.1) is 0 Å². The minimum absolute atomic E-state index is 0.121. The summed E-state index contributed by atoms with van der Waals surface area (Å²) in [5.74, 6) is 0.604. The van der Waals surface area contributed by atoms with Crippen LogP contribution in [-0.2, 0) is 6.54 Å². The number of anilines is 1. The summed E-state index contributed by atoms with van der Waals surface area (Å²) in [5.41, 5.74) is 0.633. The third-order valence-electron chi connectivity index (χ3n) is 2.66. The maximum absolute atomic E-state index is 13.2. The number of aromatic nitrogens is 3. The zero-order valence-electron chi connectivity index (χ0n) is 11.0. The Morgan fingerprint density at radius 2 is 2.29 bits per heavy atom. The highest BCUT2D eigenvalue weighted by molar-refractivity contribution is 5.49. The van der Waals surface area contributed by atoms with Crippen LogP contribution in [-0.4, -0.2) is 22.2 Å². The van der Waals surface area contributed by atoms with Gasteiger partial charge in [-0.2, -0.15) is 9.37 Å². The summed E-state index contributed by atoms with van der Waals surface area (Å²) < 4.78 is 28.3. The Hall–Kier alpha value is -2.90. The Labute approximate surface area is 118 Å². The van der Waals surface area contributed by atoms with Crippen LogP contribution in [0.3, 0.4) is 0 Å². The third-order valence-corrected chi connectivity index (χ3v) is 2.66. The van der Waals surface area contributed by atoms with Gasteiger partial charge in [0.1, 0.15) is 5.69 Å². The molecule has 3 aromatic heterocycles. The molecule has 1 N–H and O–H groups in total. The second-order valence-electron chi connectivity index (χ2n) is 4.06. The molecule has 0 saturated carbocycles. The Kier molecular flexibility index (Phi) is 3.50. The Balaban J connectivity index is 1.68. The van der Waals surface area contributed by atoms with Crippen molar-refractivity contribution in [3.63, 3.8) is 0 Å². The van der Waals surface area contributed by atoms with Crippen molar-refractivity contribution in [3.8, 4) is 17.4 Å². The van der Waals surface area contributed by atoms with E-state index in [9.17, 15) is 4.39 Å². The average molecular weight is 290 g/mol. The standard InChI is InChI=1S/C13H11FN4O3/c1-19-12-9(14)7-16-13(17-12)15-6-8-5-11(21-18-8)10-3-2-4-20-10/h2-5,7H,6H2,1H3,(H,15,16,17). The number of methoxy groups -OCH3 is 1. The summed E-state index contributed by atoms with van der Waals surface area (Å²) in [4.78, 5) is 7.67. The second kappa shape index (κ2) is 5.61. The monoisotopic (exact) mass is 290 g/mol. The molecule has 0 aliphatic rings. The van der Waals surface area contributed by atoms with Crippen molar-refractivity contribution in [2.45, 2.75) is 6.54 Å². The molecule has 0 unspecified atom stereocenters. The van der Waals surface area contributed by atoms with Crippen molar-refractivity contribution in [3.05, 3.63) is 42.2 Å². The molecule has 0 atom stereocenters. The summed E-state index contributed by atoms with van der Waals surface area (Å²) in [6.45, 7) is 0.318. The van der Waals surface area contributed by atoms with Gasteiger partial charge in [-0.3, -0.25) is 0 Å². The van der Waals surface area contributed by atoms with E-state index < -0.39 is 5.82 Å². The number of nitrogens with zero attached hydrogens (tertiary/aromatic N) is 3. The molecule has 0 spiro atoms. The van der Waals surface area contributed by atoms with Gasteiger partial charge in [0.15, 0.2) is 5.76 Å². The number of halogens is 1. The van der Waals surface area contributed by atoms with Gasteiger partial charge in [0, 0.05) is 6.07 Å². The summed E-state index contributed by atoms with van der Waals surface area (Å²) in [6, 6.07) is 5.26. The molecule has 0 aliphatic heterocycles. The van der Waals surface area contributed by atoms with Crippen LogP contribution in [0.2, 0.25) is 0 Å². The number of ether oxygens (including phenoxy) is 1. The highest BCUT2D eigenvalue weighted by Gasteiger charge is 2.10. The first kappa shape index (κ1) is 13.1. The van der Waals surface area contributed by atoms with Gasteiger partial charge >= 0.3 is 0 Å². The van der Waals surface area contributed by atoms with Crippen molar-refractivity contribution in [1.29, 1.82) is 0 Å². The molecule has 0 aliphatic carbocycles. The third kappa shape index (κ3) is 2.83. The molecule has 0 amide bonds. The van der Waals surface area contributed by atoms with Crippen LogP contribution in [0.5, 0.6) is 5.88 Å². The van der Waals surface area contributed by atoms with E-state index in [0.29, 0.717) is 23.8 Å². The zero-order chi connectivity index (χ0) is 14.7. The Morgan fingerprint density at radius 1 is 1.38 bits per heavy atom. The normalized spacial score (nSPS) is 10.6. The Morgan fingerprint density at radius 3 is 3.05 bits per heavy atom. The van der Waals surface area contributed by atoms with E-state index in [1.54, 1.807) is 24.5 Å². The average Bonchev–Trinajstić information content (AvgIpc) is 3.17. The maximum Gasteiger partial charge on any atom is 0.255 e. The van der Waals surface area contributed by atoms with Gasteiger partial charge in [-0.25, -0.2) is 4.98 Å². The molecule has 8 heteroatoms. The summed E-state index contributed by atoms with van der Waals surface area (Å²) >= 11 is 0. The molecule has 0 radical (unpaired) electrons. The highest BCUT2D eigenvalue weighted by Crippen LogP contribution is 2.21. The van der Waals surface area contributed by atoms with Gasteiger partial charge in [0.2, 0.25) is 17.5 Å². The quantitative estimate of drug-likeness (QED) is 0.772. The lowest BCUT2D eigenvalue weighted by Crippen LogP contribution is -2.05. The maximum atomic E-state index is 13.2. The molecule has 0 saturated heterocycles. The van der Waals surface area contributed by atoms with E-state index >= 15 is 0 Å². The molecule has 108 valence electrons. The molecule has 0 aromatic carbocycles. The van der Waals surface area contributed by atoms with Crippen LogP contribution in [0.25, 0.3) is 11.5 Å². The van der Waals surface area contributed by atoms with E-state index in [-0.39, 0.29) is 11.8 Å². The molecule has 3 heterocycles. The number of furan rings is 1. The molecule has 21 heavy (non-hydrogen) atoms. The molecule has 3 rings (SSSR count). The molecule has 0 fully saturated rings. The number of hydrogen-bond acceptors (Lipinski definition) is 7. The van der Waals surface area contributed by atoms with Gasteiger partial charge in [-0.1, -0.05) is 5.16 Å². The minimum Gasteiger partial charge on any atom is -0.479 e. The van der Waals surface area contributed by atoms with E-state index in [0.717, 1.165) is 6.20 Å². The van der Waals surface area contributed by atoms with Crippen LogP contribution < -0.4 is 10.1 Å². The summed E-state index contributed by atoms with van der Waals surface area (Å²) in [6.07, 6.45) is 2.58. The minimum atomic E-state index is -0.621. The van der Waals surface area contributed by atoms with Crippen molar-refractivity contribution in [2.24, 2.45) is 0 Å². The summed E-state index contributed by atoms with van der Waals surface area (Å²) in [5, 5.41) is 6.79. The molecule has 3 aromatic rings. The predicted octanol–water partition coefficient (Wildman–Crippen LogP) is 2.48. The van der Waals surface area contributed by atoms with E-state index in [4.69, 9.17) is 13.7 Å². The number of hydrogen-bond donors (Lipinski definition) is 1. The van der Waals surface area contributed by atoms with Crippen LogP contribution in [0.1, 0.15) is 5.69 Å². The Bertz CT molecular complexity index is 727. The van der Waals surface area contributed by atoms with Crippen LogP contribution in [0, 0.1) is 5.82 Å². The fourth-order valence-electron chi connectivity index (χ4n) is 1.68. The van der Waals surface area contributed by atoms with E-state index in [2.05, 4.69) is 20.4 Å². The molecule has 7 nitrogen and oxygen atoms in total. The van der Waals surface area contributed by atoms with E-state index in [1.165, 1.54) is 7.11 Å². The first-order valence-corrected chi connectivity index (χ1v) is 6.06. The first-order chi connectivity index (χ1) is 10.3. The van der Waals surface area contributed by atoms with Crippen molar-refractivity contribution in [1.82, 2.24) is 15.1 Å². The fraction of sp³-hybridized carbons (Fsp3) is 0.154. The fourth-order valence-corrected chi connectivity index (χ4v) is 1.68. The lowest BCUT2D eigenvalue weighted by atomic mass is 10.3. The van der Waals surface area contributed by atoms with Gasteiger partial charge in [0.05, 0.1) is 26.1 Å². The largest absolute Gasteiger partial charge is 0.479 e. The topological polar surface area (TPSA) is 86.2 Å². The van der Waals surface area contributed by atoms with Crippen molar-refractivity contribution < 1.29 is 18.1 Å². The smallest absolute Gasteiger partial charge is 0.255 e. The predicted molar refractivity (Wildman–Crippen MR) is 70.1 cm³/mol. The first-order valence-electron chi connectivity index (χ1n) is 6.06. The number of rotatable bonds is 5. The van der Waals surface area contributed by atoms with Gasteiger partial charge < -0.3 is 19.0 Å². The molecular formula is C13H11FN4O3. The second-order valence-corrected chi connectivity index (χ2v) is 4.06. The molecular weight excluding hydrogens is 279 g/mol. The highest BCUT2D eigenvalue weighted by atomic mass is 19.1. The van der Waals surface area contributed by atoms with Crippen LogP contribution >= 0.6 is 0 Å². The van der Waals surface area contributed by atoms with Crippen LogP contribution in [0.4, 0.5) is 10.3 Å². The van der Waals surface area contributed by atoms with Gasteiger partial charge in [-0.05, 0) is 12.1 Å².